The smallest absolute Gasteiger partial charge is 0.178 e. The van der Waals surface area contributed by atoms with Crippen molar-refractivity contribution in [3.63, 3.8) is 0 Å². The predicted octanol–water partition coefficient (Wildman–Crippen LogP) is 3.79. The highest BCUT2D eigenvalue weighted by molar-refractivity contribution is 6.31. The summed E-state index contributed by atoms with van der Waals surface area (Å²) in [6.07, 6.45) is 4.58. The Balaban J connectivity index is 1.57. The third-order valence-corrected chi connectivity index (χ3v) is 4.88. The fourth-order valence-corrected chi connectivity index (χ4v) is 3.45. The van der Waals surface area contributed by atoms with Gasteiger partial charge in [-0.05, 0) is 30.0 Å². The summed E-state index contributed by atoms with van der Waals surface area (Å²) in [6, 6.07) is 14.8. The van der Waals surface area contributed by atoms with Crippen molar-refractivity contribution in [2.45, 2.75) is 6.42 Å². The van der Waals surface area contributed by atoms with E-state index in [1.807, 2.05) is 48.6 Å². The largest absolute Gasteiger partial charge is 0.497 e. The van der Waals surface area contributed by atoms with Crippen molar-refractivity contribution in [3.8, 4) is 5.75 Å². The van der Waals surface area contributed by atoms with E-state index in [9.17, 15) is 9.59 Å². The summed E-state index contributed by atoms with van der Waals surface area (Å²) >= 11 is 0. The van der Waals surface area contributed by atoms with Gasteiger partial charge in [-0.2, -0.15) is 0 Å². The number of methoxy groups -OCH3 is 1. The van der Waals surface area contributed by atoms with Crippen LogP contribution in [0, 0.1) is 11.3 Å². The van der Waals surface area contributed by atoms with Crippen molar-refractivity contribution in [1.29, 1.82) is 0 Å². The number of hydrogen-bond donors (Lipinski definition) is 0. The van der Waals surface area contributed by atoms with Gasteiger partial charge in [0.1, 0.15) is 11.2 Å². The maximum atomic E-state index is 12.6. The summed E-state index contributed by atoms with van der Waals surface area (Å²) in [5.74, 6) is 0.781. The Bertz CT molecular complexity index is 795. The zero-order valence-corrected chi connectivity index (χ0v) is 12.8. The Morgan fingerprint density at radius 1 is 1.00 bits per heavy atom. The van der Waals surface area contributed by atoms with E-state index in [2.05, 4.69) is 0 Å². The first kappa shape index (κ1) is 13.9. The van der Waals surface area contributed by atoms with Crippen molar-refractivity contribution in [3.05, 3.63) is 71.3 Å². The van der Waals surface area contributed by atoms with Crippen LogP contribution in [0.3, 0.4) is 0 Å². The van der Waals surface area contributed by atoms with Gasteiger partial charge in [-0.3, -0.25) is 9.59 Å². The van der Waals surface area contributed by atoms with Gasteiger partial charge in [0.25, 0.3) is 0 Å². The SMILES string of the molecule is COc1ccc(/C=C/C2CC23C(=O)c2ccccc2C3=O)cc1. The van der Waals surface area contributed by atoms with Crippen LogP contribution in [0.5, 0.6) is 5.75 Å². The summed E-state index contributed by atoms with van der Waals surface area (Å²) in [5.41, 5.74) is 1.37. The van der Waals surface area contributed by atoms with Gasteiger partial charge >= 0.3 is 0 Å². The van der Waals surface area contributed by atoms with Gasteiger partial charge in [-0.15, -0.1) is 0 Å². The van der Waals surface area contributed by atoms with Gasteiger partial charge in [-0.25, -0.2) is 0 Å². The molecule has 0 amide bonds. The molecule has 0 heterocycles. The minimum Gasteiger partial charge on any atom is -0.497 e. The highest BCUT2D eigenvalue weighted by Gasteiger charge is 2.67. The van der Waals surface area contributed by atoms with E-state index in [0.29, 0.717) is 17.5 Å². The highest BCUT2D eigenvalue weighted by Crippen LogP contribution is 2.60. The van der Waals surface area contributed by atoms with Crippen LogP contribution < -0.4 is 4.74 Å². The van der Waals surface area contributed by atoms with Crippen LogP contribution in [0.1, 0.15) is 32.7 Å². The molecule has 2 aromatic carbocycles. The summed E-state index contributed by atoms with van der Waals surface area (Å²) in [5, 5.41) is 0. The molecular weight excluding hydrogens is 288 g/mol. The van der Waals surface area contributed by atoms with E-state index < -0.39 is 5.41 Å². The molecule has 0 N–H and O–H groups in total. The Morgan fingerprint density at radius 2 is 1.61 bits per heavy atom. The number of carbonyl (C=O) groups excluding carboxylic acids is 2. The van der Waals surface area contributed by atoms with E-state index in [0.717, 1.165) is 11.3 Å². The van der Waals surface area contributed by atoms with Crippen LogP contribution in [0.4, 0.5) is 0 Å². The predicted molar refractivity (Wildman–Crippen MR) is 87.7 cm³/mol. The van der Waals surface area contributed by atoms with E-state index in [4.69, 9.17) is 4.74 Å². The zero-order chi connectivity index (χ0) is 16.0. The maximum absolute atomic E-state index is 12.6. The molecule has 23 heavy (non-hydrogen) atoms. The summed E-state index contributed by atoms with van der Waals surface area (Å²) in [7, 11) is 1.63. The lowest BCUT2D eigenvalue weighted by Gasteiger charge is -2.03. The topological polar surface area (TPSA) is 43.4 Å². The lowest BCUT2D eigenvalue weighted by atomic mass is 9.97. The van der Waals surface area contributed by atoms with Crippen LogP contribution in [0.25, 0.3) is 6.08 Å². The maximum Gasteiger partial charge on any atom is 0.178 e. The van der Waals surface area contributed by atoms with Crippen LogP contribution in [0.2, 0.25) is 0 Å². The Labute approximate surface area is 134 Å². The molecule has 0 radical (unpaired) electrons. The molecule has 4 rings (SSSR count). The second-order valence-corrected chi connectivity index (χ2v) is 6.12. The molecule has 1 unspecified atom stereocenters. The molecule has 3 heteroatoms. The number of rotatable bonds is 3. The summed E-state index contributed by atoms with van der Waals surface area (Å²) in [4.78, 5) is 25.3. The molecule has 0 saturated heterocycles. The average Bonchev–Trinajstić information content (AvgIpc) is 3.30. The monoisotopic (exact) mass is 304 g/mol. The fourth-order valence-electron chi connectivity index (χ4n) is 3.45. The van der Waals surface area contributed by atoms with Crippen LogP contribution in [0.15, 0.2) is 54.6 Å². The third kappa shape index (κ3) is 1.96. The van der Waals surface area contributed by atoms with Crippen LogP contribution >= 0.6 is 0 Å². The Morgan fingerprint density at radius 3 is 2.17 bits per heavy atom. The molecule has 1 atom stereocenters. The number of ether oxygens (including phenoxy) is 1. The number of carbonyl (C=O) groups is 2. The van der Waals surface area contributed by atoms with E-state index >= 15 is 0 Å². The standard InChI is InChI=1S/C20H16O3/c1-23-15-10-7-13(8-11-15)6-9-14-12-20(14)18(21)16-4-2-3-5-17(16)19(20)22/h2-11,14H,12H2,1H3/b9-6+. The number of ketones is 2. The molecule has 0 aliphatic heterocycles. The van der Waals surface area contributed by atoms with Gasteiger partial charge < -0.3 is 4.74 Å². The summed E-state index contributed by atoms with van der Waals surface area (Å²) in [6.45, 7) is 0. The van der Waals surface area contributed by atoms with E-state index in [1.165, 1.54) is 0 Å². The van der Waals surface area contributed by atoms with Gasteiger partial charge in [0.2, 0.25) is 0 Å². The molecule has 3 nitrogen and oxygen atoms in total. The molecule has 1 fully saturated rings. The normalized spacial score (nSPS) is 21.0. The van der Waals surface area contributed by atoms with E-state index in [1.54, 1.807) is 19.2 Å². The minimum absolute atomic E-state index is 0.00278. The first-order chi connectivity index (χ1) is 11.2. The van der Waals surface area contributed by atoms with Crippen molar-refractivity contribution < 1.29 is 14.3 Å². The molecule has 2 aliphatic rings. The molecule has 2 aromatic rings. The van der Waals surface area contributed by atoms with Gasteiger partial charge in [0.05, 0.1) is 7.11 Å². The molecule has 2 aliphatic carbocycles. The molecule has 1 saturated carbocycles. The van der Waals surface area contributed by atoms with Crippen molar-refractivity contribution in [2.75, 3.05) is 7.11 Å². The molecule has 1 spiro atoms. The van der Waals surface area contributed by atoms with Crippen LogP contribution in [-0.4, -0.2) is 18.7 Å². The Kier molecular flexibility index (Phi) is 2.98. The lowest BCUT2D eigenvalue weighted by Crippen LogP contribution is -2.18. The highest BCUT2D eigenvalue weighted by atomic mass is 16.5. The molecule has 114 valence electrons. The first-order valence-corrected chi connectivity index (χ1v) is 7.68. The van der Waals surface area contributed by atoms with E-state index in [-0.39, 0.29) is 17.5 Å². The second kappa shape index (κ2) is 4.92. The second-order valence-electron chi connectivity index (χ2n) is 6.12. The number of fused-ring (bicyclic) bond motifs is 1. The third-order valence-electron chi connectivity index (χ3n) is 4.88. The van der Waals surface area contributed by atoms with Crippen molar-refractivity contribution in [2.24, 2.45) is 11.3 Å². The fraction of sp³-hybridized carbons (Fsp3) is 0.200. The Hall–Kier alpha value is -2.68. The number of benzene rings is 2. The zero-order valence-electron chi connectivity index (χ0n) is 12.8. The number of hydrogen-bond acceptors (Lipinski definition) is 3. The first-order valence-electron chi connectivity index (χ1n) is 7.68. The minimum atomic E-state index is -0.827. The van der Waals surface area contributed by atoms with Crippen LogP contribution in [-0.2, 0) is 0 Å². The molecule has 0 bridgehead atoms. The average molecular weight is 304 g/mol. The molecular formula is C20H16O3. The lowest BCUT2D eigenvalue weighted by molar-refractivity contribution is 0.0806. The summed E-state index contributed by atoms with van der Waals surface area (Å²) < 4.78 is 5.13. The van der Waals surface area contributed by atoms with Gasteiger partial charge in [-0.1, -0.05) is 48.6 Å². The van der Waals surface area contributed by atoms with Gasteiger partial charge in [0.15, 0.2) is 11.6 Å². The number of allylic oxidation sites excluding steroid dienone is 1. The molecule has 0 aromatic heterocycles. The quantitative estimate of drug-likeness (QED) is 0.810. The van der Waals surface area contributed by atoms with Crippen molar-refractivity contribution in [1.82, 2.24) is 0 Å². The van der Waals surface area contributed by atoms with Crippen molar-refractivity contribution >= 4 is 17.6 Å². The number of Topliss-reactive ketones (excluding diaryl/α,β-unsaturated/α-hetero) is 2. The van der Waals surface area contributed by atoms with Gasteiger partial charge in [0, 0.05) is 11.1 Å².